The zero-order chi connectivity index (χ0) is 21.1. The highest BCUT2D eigenvalue weighted by Crippen LogP contribution is 2.25. The third-order valence-electron chi connectivity index (χ3n) is 4.84. The highest BCUT2D eigenvalue weighted by atomic mass is 16.5. The van der Waals surface area contributed by atoms with Crippen molar-refractivity contribution in [1.29, 1.82) is 0 Å². The van der Waals surface area contributed by atoms with Gasteiger partial charge in [0.25, 0.3) is 11.5 Å². The number of para-hydroxylation sites is 2. The lowest BCUT2D eigenvalue weighted by molar-refractivity contribution is 0.102. The molecule has 0 saturated carbocycles. The van der Waals surface area contributed by atoms with Crippen molar-refractivity contribution < 1.29 is 9.53 Å². The van der Waals surface area contributed by atoms with E-state index in [9.17, 15) is 9.59 Å². The van der Waals surface area contributed by atoms with Crippen LogP contribution in [0.1, 0.15) is 27.2 Å². The molecule has 0 aliphatic carbocycles. The molecule has 0 fully saturated rings. The Kier molecular flexibility index (Phi) is 5.30. The summed E-state index contributed by atoms with van der Waals surface area (Å²) in [6.07, 6.45) is 1.69. The number of nitrogens with one attached hydrogen (secondary N) is 1. The van der Waals surface area contributed by atoms with Gasteiger partial charge in [-0.25, -0.2) is 4.98 Å². The number of hydrogen-bond acceptors (Lipinski definition) is 4. The van der Waals surface area contributed by atoms with Gasteiger partial charge in [-0.3, -0.25) is 14.0 Å². The van der Waals surface area contributed by atoms with Crippen LogP contribution in [0.2, 0.25) is 0 Å². The number of fused-ring (bicyclic) bond motifs is 1. The van der Waals surface area contributed by atoms with Crippen LogP contribution in [0.15, 0.2) is 77.7 Å². The molecule has 2 heterocycles. The summed E-state index contributed by atoms with van der Waals surface area (Å²) in [5.74, 6) is 0.299. The topological polar surface area (TPSA) is 72.7 Å². The molecule has 2 aromatic carbocycles. The number of hydrogen-bond donors (Lipinski definition) is 1. The van der Waals surface area contributed by atoms with Gasteiger partial charge in [-0.1, -0.05) is 36.4 Å². The number of amides is 1. The third-order valence-corrected chi connectivity index (χ3v) is 4.84. The van der Waals surface area contributed by atoms with Crippen LogP contribution in [0.5, 0.6) is 5.75 Å². The number of carbonyl (C=O) groups is 1. The molecule has 2 aromatic heterocycles. The number of aromatic nitrogens is 2. The van der Waals surface area contributed by atoms with Gasteiger partial charge in [0, 0.05) is 17.8 Å². The smallest absolute Gasteiger partial charge is 0.258 e. The molecule has 6 heteroatoms. The molecule has 6 nitrogen and oxygen atoms in total. The standard InChI is InChI=1S/C24H21N3O3/c1-16-8-3-4-10-19(16)24(29)26-20-11-5-6-12-21(20)30-15-18-14-22(28)27-13-7-9-17(2)23(27)25-18/h3-14H,15H2,1-2H3,(H,26,29). The van der Waals surface area contributed by atoms with Crippen molar-refractivity contribution in [3.8, 4) is 5.75 Å². The number of anilines is 1. The zero-order valence-corrected chi connectivity index (χ0v) is 16.8. The molecule has 0 saturated heterocycles. The summed E-state index contributed by atoms with van der Waals surface area (Å²) < 4.78 is 7.42. The van der Waals surface area contributed by atoms with E-state index in [0.29, 0.717) is 28.3 Å². The van der Waals surface area contributed by atoms with Crippen LogP contribution >= 0.6 is 0 Å². The fraction of sp³-hybridized carbons (Fsp3) is 0.125. The molecule has 0 spiro atoms. The van der Waals surface area contributed by atoms with Crippen LogP contribution in [-0.4, -0.2) is 15.3 Å². The minimum Gasteiger partial charge on any atom is -0.485 e. The molecule has 0 bridgehead atoms. The molecule has 0 radical (unpaired) electrons. The van der Waals surface area contributed by atoms with Crippen molar-refractivity contribution in [3.05, 3.63) is 106 Å². The van der Waals surface area contributed by atoms with Crippen LogP contribution in [-0.2, 0) is 6.61 Å². The molecule has 0 aliphatic heterocycles. The summed E-state index contributed by atoms with van der Waals surface area (Å²) in [6, 6.07) is 19.8. The van der Waals surface area contributed by atoms with Crippen molar-refractivity contribution >= 4 is 17.2 Å². The van der Waals surface area contributed by atoms with Crippen molar-refractivity contribution in [2.45, 2.75) is 20.5 Å². The number of pyridine rings is 1. The summed E-state index contributed by atoms with van der Waals surface area (Å²) in [7, 11) is 0. The minimum atomic E-state index is -0.207. The fourth-order valence-electron chi connectivity index (χ4n) is 3.25. The molecule has 4 aromatic rings. The van der Waals surface area contributed by atoms with E-state index in [1.807, 2.05) is 56.3 Å². The second-order valence-corrected chi connectivity index (χ2v) is 7.02. The van der Waals surface area contributed by atoms with Crippen molar-refractivity contribution in [1.82, 2.24) is 9.38 Å². The van der Waals surface area contributed by atoms with Gasteiger partial charge in [0.05, 0.1) is 11.4 Å². The van der Waals surface area contributed by atoms with Crippen LogP contribution in [0, 0.1) is 13.8 Å². The van der Waals surface area contributed by atoms with Gasteiger partial charge < -0.3 is 10.1 Å². The van der Waals surface area contributed by atoms with Crippen LogP contribution < -0.4 is 15.6 Å². The molecule has 4 rings (SSSR count). The predicted molar refractivity (Wildman–Crippen MR) is 116 cm³/mol. The average Bonchev–Trinajstić information content (AvgIpc) is 2.74. The maximum Gasteiger partial charge on any atom is 0.258 e. The maximum absolute atomic E-state index is 12.7. The summed E-state index contributed by atoms with van der Waals surface area (Å²) in [4.78, 5) is 29.6. The maximum atomic E-state index is 12.7. The van der Waals surface area contributed by atoms with E-state index < -0.39 is 0 Å². The number of rotatable bonds is 5. The molecule has 30 heavy (non-hydrogen) atoms. The Morgan fingerprint density at radius 1 is 1.00 bits per heavy atom. The summed E-state index contributed by atoms with van der Waals surface area (Å²) in [5.41, 5.74) is 3.92. The molecule has 1 N–H and O–H groups in total. The van der Waals surface area contributed by atoms with Crippen LogP contribution in [0.4, 0.5) is 5.69 Å². The van der Waals surface area contributed by atoms with Crippen LogP contribution in [0.3, 0.4) is 0 Å². The van der Waals surface area contributed by atoms with E-state index in [2.05, 4.69) is 10.3 Å². The first-order valence-corrected chi connectivity index (χ1v) is 9.59. The first-order chi connectivity index (χ1) is 14.5. The van der Waals surface area contributed by atoms with Gasteiger partial charge in [-0.15, -0.1) is 0 Å². The SMILES string of the molecule is Cc1ccccc1C(=O)Nc1ccccc1OCc1cc(=O)n2cccc(C)c2n1. The number of aryl methyl sites for hydroxylation is 2. The lowest BCUT2D eigenvalue weighted by Gasteiger charge is -2.13. The van der Waals surface area contributed by atoms with Gasteiger partial charge in [-0.05, 0) is 49.2 Å². The molecule has 0 atom stereocenters. The van der Waals surface area contributed by atoms with Gasteiger partial charge >= 0.3 is 0 Å². The van der Waals surface area contributed by atoms with E-state index in [1.165, 1.54) is 10.5 Å². The molecule has 150 valence electrons. The van der Waals surface area contributed by atoms with Gasteiger partial charge in [0.15, 0.2) is 0 Å². The lowest BCUT2D eigenvalue weighted by atomic mass is 10.1. The minimum absolute atomic E-state index is 0.108. The monoisotopic (exact) mass is 399 g/mol. The molecular formula is C24H21N3O3. The van der Waals surface area contributed by atoms with Crippen molar-refractivity contribution in [2.75, 3.05) is 5.32 Å². The molecule has 0 aliphatic rings. The molecule has 0 unspecified atom stereocenters. The third kappa shape index (κ3) is 3.93. The molecular weight excluding hydrogens is 378 g/mol. The number of nitrogens with zero attached hydrogens (tertiary/aromatic N) is 2. The number of ether oxygens (including phenoxy) is 1. The largest absolute Gasteiger partial charge is 0.485 e. The Balaban J connectivity index is 1.56. The Morgan fingerprint density at radius 3 is 2.57 bits per heavy atom. The average molecular weight is 399 g/mol. The van der Waals surface area contributed by atoms with Gasteiger partial charge in [-0.2, -0.15) is 0 Å². The van der Waals surface area contributed by atoms with E-state index in [1.54, 1.807) is 24.4 Å². The van der Waals surface area contributed by atoms with Crippen molar-refractivity contribution in [2.24, 2.45) is 0 Å². The Morgan fingerprint density at radius 2 is 1.73 bits per heavy atom. The summed E-state index contributed by atoms with van der Waals surface area (Å²) in [6.45, 7) is 3.91. The van der Waals surface area contributed by atoms with E-state index >= 15 is 0 Å². The quantitative estimate of drug-likeness (QED) is 0.547. The fourth-order valence-corrected chi connectivity index (χ4v) is 3.25. The first-order valence-electron chi connectivity index (χ1n) is 9.59. The first kappa shape index (κ1) is 19.4. The number of benzene rings is 2. The predicted octanol–water partition coefficient (Wildman–Crippen LogP) is 4.14. The lowest BCUT2D eigenvalue weighted by Crippen LogP contribution is -2.17. The Labute approximate surface area is 173 Å². The highest BCUT2D eigenvalue weighted by molar-refractivity contribution is 6.05. The summed E-state index contributed by atoms with van der Waals surface area (Å²) >= 11 is 0. The van der Waals surface area contributed by atoms with Gasteiger partial charge in [0.2, 0.25) is 0 Å². The van der Waals surface area contributed by atoms with E-state index in [-0.39, 0.29) is 18.1 Å². The van der Waals surface area contributed by atoms with Gasteiger partial charge in [0.1, 0.15) is 18.0 Å². The highest BCUT2D eigenvalue weighted by Gasteiger charge is 2.12. The zero-order valence-electron chi connectivity index (χ0n) is 16.8. The van der Waals surface area contributed by atoms with Crippen molar-refractivity contribution in [3.63, 3.8) is 0 Å². The Hall–Kier alpha value is -3.93. The second-order valence-electron chi connectivity index (χ2n) is 7.02. The number of carbonyl (C=O) groups excluding carboxylic acids is 1. The van der Waals surface area contributed by atoms with Crippen LogP contribution in [0.25, 0.3) is 5.65 Å². The Bertz CT molecular complexity index is 1290. The van der Waals surface area contributed by atoms with E-state index in [0.717, 1.165) is 11.1 Å². The summed E-state index contributed by atoms with van der Waals surface area (Å²) in [5, 5.41) is 2.90. The second kappa shape index (κ2) is 8.21. The normalized spacial score (nSPS) is 10.7. The molecule has 1 amide bonds. The van der Waals surface area contributed by atoms with E-state index in [4.69, 9.17) is 4.74 Å².